The fraction of sp³-hybridized carbons (Fsp3) is 0.923. The van der Waals surface area contributed by atoms with Gasteiger partial charge in [-0.1, -0.05) is 13.8 Å². The maximum absolute atomic E-state index is 12.1. The van der Waals surface area contributed by atoms with Crippen LogP contribution in [0, 0.1) is 40.4 Å². The van der Waals surface area contributed by atoms with Crippen LogP contribution >= 0.6 is 0 Å². The molecule has 0 radical (unpaired) electrons. The van der Waals surface area contributed by atoms with Gasteiger partial charge in [0.2, 0.25) is 5.91 Å². The molecule has 8 atom stereocenters. The summed E-state index contributed by atoms with van der Waals surface area (Å²) in [4.78, 5) is 24.1. The largest absolute Gasteiger partial charge is 0.393 e. The number of fused-ring (bicyclic) bond motifs is 5. The van der Waals surface area contributed by atoms with Gasteiger partial charge in [-0.25, -0.2) is 0 Å². The lowest BCUT2D eigenvalue weighted by molar-refractivity contribution is -0.167. The number of ketones is 1. The second kappa shape index (κ2) is 8.22. The van der Waals surface area contributed by atoms with E-state index in [1.54, 1.807) is 0 Å². The fourth-order valence-corrected chi connectivity index (χ4v) is 8.50. The molecule has 0 bridgehead atoms. The highest BCUT2D eigenvalue weighted by Gasteiger charge is 2.62. The van der Waals surface area contributed by atoms with E-state index in [0.717, 1.165) is 32.1 Å². The molecule has 30 heavy (non-hydrogen) atoms. The minimum atomic E-state index is -0.237. The third-order valence-corrected chi connectivity index (χ3v) is 10.1. The van der Waals surface area contributed by atoms with Gasteiger partial charge < -0.3 is 10.4 Å². The van der Waals surface area contributed by atoms with Crippen molar-refractivity contribution >= 4 is 11.7 Å². The van der Waals surface area contributed by atoms with Crippen LogP contribution in [0.4, 0.5) is 0 Å². The molecule has 0 aromatic carbocycles. The third-order valence-electron chi connectivity index (χ3n) is 10.1. The topological polar surface area (TPSA) is 66.4 Å². The molecule has 4 saturated carbocycles. The first kappa shape index (κ1) is 22.3. The molecule has 4 nitrogen and oxygen atoms in total. The predicted molar refractivity (Wildman–Crippen MR) is 119 cm³/mol. The van der Waals surface area contributed by atoms with E-state index in [2.05, 4.69) is 19.2 Å². The maximum atomic E-state index is 12.1. The van der Waals surface area contributed by atoms with Crippen molar-refractivity contribution in [2.75, 3.05) is 0 Å². The molecule has 0 aliphatic heterocycles. The van der Waals surface area contributed by atoms with Crippen molar-refractivity contribution in [3.05, 3.63) is 0 Å². The summed E-state index contributed by atoms with van der Waals surface area (Å²) in [5, 5.41) is 14.3. The number of aliphatic hydroxyl groups is 1. The van der Waals surface area contributed by atoms with Gasteiger partial charge >= 0.3 is 0 Å². The molecule has 0 saturated heterocycles. The number of rotatable bonds is 5. The van der Waals surface area contributed by atoms with Gasteiger partial charge in [0, 0.05) is 25.3 Å². The molecule has 4 heteroatoms. The average molecular weight is 418 g/mol. The van der Waals surface area contributed by atoms with E-state index in [1.807, 2.05) is 13.8 Å². The Morgan fingerprint density at radius 1 is 1.13 bits per heavy atom. The van der Waals surface area contributed by atoms with Crippen LogP contribution < -0.4 is 5.32 Å². The van der Waals surface area contributed by atoms with E-state index in [9.17, 15) is 14.7 Å². The highest BCUT2D eigenvalue weighted by atomic mass is 16.3. The number of hydrogen-bond donors (Lipinski definition) is 2. The van der Waals surface area contributed by atoms with Crippen molar-refractivity contribution in [1.29, 1.82) is 0 Å². The lowest BCUT2D eigenvalue weighted by Gasteiger charge is -2.61. The molecule has 4 aliphatic rings. The molecule has 0 aromatic rings. The van der Waals surface area contributed by atoms with E-state index in [0.29, 0.717) is 53.6 Å². The monoisotopic (exact) mass is 417 g/mol. The summed E-state index contributed by atoms with van der Waals surface area (Å²) in [6, 6.07) is 0.217. The standard InChI is InChI=1S/C26H43NO3/c1-16(2)27-23(30)7-5-6-17-8-9-20-24-21(11-13-25(17,20)3)26(4)12-10-19(28)14-18(26)15-22(24)29/h16-18,20-22,24,29H,5-15H2,1-4H3,(H,27,30). The zero-order valence-electron chi connectivity index (χ0n) is 19.6. The summed E-state index contributed by atoms with van der Waals surface area (Å²) in [5.74, 6) is 3.25. The molecule has 0 aromatic heterocycles. The lowest BCUT2D eigenvalue weighted by Crippen LogP contribution is -2.58. The van der Waals surface area contributed by atoms with Crippen molar-refractivity contribution in [1.82, 2.24) is 5.32 Å². The van der Waals surface area contributed by atoms with Gasteiger partial charge in [-0.15, -0.1) is 0 Å². The summed E-state index contributed by atoms with van der Waals surface area (Å²) in [5.41, 5.74) is 0.552. The van der Waals surface area contributed by atoms with Crippen molar-refractivity contribution in [2.24, 2.45) is 40.4 Å². The van der Waals surface area contributed by atoms with Crippen molar-refractivity contribution < 1.29 is 14.7 Å². The smallest absolute Gasteiger partial charge is 0.220 e. The molecule has 0 spiro atoms. The number of Topliss-reactive ketones (excluding diaryl/α,β-unsaturated/α-hetero) is 1. The molecule has 4 rings (SSSR count). The Bertz CT molecular complexity index is 675. The van der Waals surface area contributed by atoms with Crippen molar-refractivity contribution in [2.45, 2.75) is 110 Å². The SMILES string of the molecule is CC(C)NC(=O)CCCC1CCC2C3C(O)CC4CC(=O)CCC4(C)C3CCC12C. The van der Waals surface area contributed by atoms with Crippen LogP contribution in [0.15, 0.2) is 0 Å². The van der Waals surface area contributed by atoms with Gasteiger partial charge in [0.1, 0.15) is 5.78 Å². The minimum Gasteiger partial charge on any atom is -0.393 e. The highest BCUT2D eigenvalue weighted by Crippen LogP contribution is 2.67. The van der Waals surface area contributed by atoms with Crippen molar-refractivity contribution in [3.63, 3.8) is 0 Å². The number of nitrogens with one attached hydrogen (secondary N) is 1. The second-order valence-electron chi connectivity index (χ2n) is 12.0. The van der Waals surface area contributed by atoms with Crippen LogP contribution in [0.1, 0.15) is 98.3 Å². The number of hydrogen-bond acceptors (Lipinski definition) is 3. The molecule has 170 valence electrons. The van der Waals surface area contributed by atoms with Crippen LogP contribution in [0.3, 0.4) is 0 Å². The Kier molecular flexibility index (Phi) is 6.11. The Balaban J connectivity index is 1.44. The van der Waals surface area contributed by atoms with Gasteiger partial charge in [-0.05, 0) is 106 Å². The van der Waals surface area contributed by atoms with Crippen LogP contribution in [-0.2, 0) is 9.59 Å². The lowest BCUT2D eigenvalue weighted by atomic mass is 9.44. The van der Waals surface area contributed by atoms with Gasteiger partial charge in [-0.2, -0.15) is 0 Å². The van der Waals surface area contributed by atoms with Crippen LogP contribution in [0.25, 0.3) is 0 Å². The van der Waals surface area contributed by atoms with E-state index >= 15 is 0 Å². The number of aliphatic hydroxyl groups excluding tert-OH is 1. The molecule has 1 amide bonds. The average Bonchev–Trinajstić information content (AvgIpc) is 2.99. The van der Waals surface area contributed by atoms with E-state index in [4.69, 9.17) is 0 Å². The first-order valence-corrected chi connectivity index (χ1v) is 12.6. The van der Waals surface area contributed by atoms with Crippen LogP contribution in [0.5, 0.6) is 0 Å². The molecule has 4 fully saturated rings. The van der Waals surface area contributed by atoms with Gasteiger partial charge in [-0.3, -0.25) is 9.59 Å². The summed E-state index contributed by atoms with van der Waals surface area (Å²) in [7, 11) is 0. The summed E-state index contributed by atoms with van der Waals surface area (Å²) >= 11 is 0. The Hall–Kier alpha value is -0.900. The quantitative estimate of drug-likeness (QED) is 0.670. The Morgan fingerprint density at radius 3 is 2.60 bits per heavy atom. The predicted octanol–water partition coefficient (Wildman–Crippen LogP) is 4.88. The normalized spacial score (nSPS) is 45.6. The van der Waals surface area contributed by atoms with E-state index in [-0.39, 0.29) is 23.5 Å². The molecular weight excluding hydrogens is 374 g/mol. The first-order valence-electron chi connectivity index (χ1n) is 12.6. The molecular formula is C26H43NO3. The van der Waals surface area contributed by atoms with E-state index < -0.39 is 0 Å². The summed E-state index contributed by atoms with van der Waals surface area (Å²) in [6.45, 7) is 8.96. The number of amides is 1. The maximum Gasteiger partial charge on any atom is 0.220 e. The van der Waals surface area contributed by atoms with Gasteiger partial charge in [0.05, 0.1) is 6.10 Å². The Morgan fingerprint density at radius 2 is 1.87 bits per heavy atom. The third kappa shape index (κ3) is 3.76. The zero-order valence-corrected chi connectivity index (χ0v) is 19.6. The van der Waals surface area contributed by atoms with Gasteiger partial charge in [0.15, 0.2) is 0 Å². The molecule has 4 aliphatic carbocycles. The number of carbonyl (C=O) groups is 2. The fourth-order valence-electron chi connectivity index (χ4n) is 8.50. The molecule has 0 heterocycles. The van der Waals surface area contributed by atoms with Gasteiger partial charge in [0.25, 0.3) is 0 Å². The van der Waals surface area contributed by atoms with Crippen LogP contribution in [-0.4, -0.2) is 28.9 Å². The molecule has 2 N–H and O–H groups in total. The number of carbonyl (C=O) groups excluding carboxylic acids is 2. The minimum absolute atomic E-state index is 0.182. The first-order chi connectivity index (χ1) is 14.1. The van der Waals surface area contributed by atoms with E-state index in [1.165, 1.54) is 25.7 Å². The summed E-state index contributed by atoms with van der Waals surface area (Å²) < 4.78 is 0. The zero-order chi connectivity index (χ0) is 21.7. The Labute approximate surface area is 183 Å². The van der Waals surface area contributed by atoms with Crippen molar-refractivity contribution in [3.8, 4) is 0 Å². The summed E-state index contributed by atoms with van der Waals surface area (Å²) in [6.07, 6.45) is 10.8. The molecule has 8 unspecified atom stereocenters. The highest BCUT2D eigenvalue weighted by molar-refractivity contribution is 5.79. The second-order valence-corrected chi connectivity index (χ2v) is 12.0. The van der Waals surface area contributed by atoms with Crippen LogP contribution in [0.2, 0.25) is 0 Å².